The molecule has 108 valence electrons. The van der Waals surface area contributed by atoms with Gasteiger partial charge in [0.1, 0.15) is 10.7 Å². The third-order valence-electron chi connectivity index (χ3n) is 2.73. The van der Waals surface area contributed by atoms with Crippen molar-refractivity contribution in [2.24, 2.45) is 0 Å². The monoisotopic (exact) mass is 311 g/mol. The van der Waals surface area contributed by atoms with Crippen LogP contribution < -0.4 is 5.32 Å². The van der Waals surface area contributed by atoms with Crippen LogP contribution in [0.25, 0.3) is 10.7 Å². The van der Waals surface area contributed by atoms with Crippen LogP contribution in [-0.4, -0.2) is 23.6 Å². The van der Waals surface area contributed by atoms with Gasteiger partial charge in [-0.2, -0.15) is 0 Å². The number of thiazole rings is 1. The quantitative estimate of drug-likeness (QED) is 0.795. The Bertz CT molecular complexity index is 559. The number of nitrogens with zero attached hydrogens (tertiary/aromatic N) is 2. The highest BCUT2D eigenvalue weighted by Gasteiger charge is 2.15. The number of hydrogen-bond acceptors (Lipinski definition) is 5. The molecule has 0 aromatic carbocycles. The van der Waals surface area contributed by atoms with Crippen LogP contribution in [0, 0.1) is 0 Å². The van der Waals surface area contributed by atoms with Crippen LogP contribution >= 0.6 is 22.9 Å². The van der Waals surface area contributed by atoms with Gasteiger partial charge in [-0.05, 0) is 25.1 Å². The van der Waals surface area contributed by atoms with Gasteiger partial charge in [-0.15, -0.1) is 11.3 Å². The van der Waals surface area contributed by atoms with E-state index < -0.39 is 0 Å². The lowest BCUT2D eigenvalue weighted by atomic mass is 10.3. The highest BCUT2D eigenvalue weighted by atomic mass is 35.5. The first-order valence-corrected chi connectivity index (χ1v) is 7.74. The van der Waals surface area contributed by atoms with Crippen LogP contribution in [0.3, 0.4) is 0 Å². The Morgan fingerprint density at radius 1 is 1.45 bits per heavy atom. The number of hydrogen-bond donors (Lipinski definition) is 1. The molecule has 0 aliphatic rings. The molecule has 0 radical (unpaired) electrons. The zero-order chi connectivity index (χ0) is 14.4. The maximum Gasteiger partial charge on any atom is 0.144 e. The zero-order valence-corrected chi connectivity index (χ0v) is 13.2. The minimum Gasteiger partial charge on any atom is -0.378 e. The summed E-state index contributed by atoms with van der Waals surface area (Å²) in [6.45, 7) is 4.44. The molecule has 0 amide bonds. The van der Waals surface area contributed by atoms with Crippen LogP contribution in [0.15, 0.2) is 18.3 Å². The van der Waals surface area contributed by atoms with Crippen LogP contribution in [0.2, 0.25) is 5.02 Å². The Labute approximate surface area is 128 Å². The maximum atomic E-state index is 6.18. The molecular weight excluding hydrogens is 294 g/mol. The van der Waals surface area contributed by atoms with E-state index in [1.165, 1.54) is 4.88 Å². The normalized spacial score (nSPS) is 10.9. The lowest BCUT2D eigenvalue weighted by Gasteiger charge is -2.02. The van der Waals surface area contributed by atoms with E-state index in [-0.39, 0.29) is 0 Å². The van der Waals surface area contributed by atoms with Crippen molar-refractivity contribution in [3.63, 3.8) is 0 Å². The summed E-state index contributed by atoms with van der Waals surface area (Å²) in [5, 5.41) is 4.86. The topological polar surface area (TPSA) is 47.0 Å². The highest BCUT2D eigenvalue weighted by molar-refractivity contribution is 7.15. The van der Waals surface area contributed by atoms with E-state index in [1.54, 1.807) is 24.6 Å². The fraction of sp³-hybridized carbons (Fsp3) is 0.429. The molecule has 0 aliphatic heterocycles. The van der Waals surface area contributed by atoms with Crippen molar-refractivity contribution in [3.05, 3.63) is 33.9 Å². The Morgan fingerprint density at radius 3 is 3.00 bits per heavy atom. The number of methoxy groups -OCH3 is 1. The average molecular weight is 312 g/mol. The fourth-order valence-electron chi connectivity index (χ4n) is 1.79. The molecule has 6 heteroatoms. The second-order valence-electron chi connectivity index (χ2n) is 4.33. The molecule has 0 saturated heterocycles. The van der Waals surface area contributed by atoms with Crippen LogP contribution in [0.4, 0.5) is 0 Å². The van der Waals surface area contributed by atoms with E-state index in [1.807, 2.05) is 12.1 Å². The second kappa shape index (κ2) is 7.69. The number of halogens is 1. The minimum atomic E-state index is 0.504. The number of aromatic nitrogens is 2. The Balaban J connectivity index is 2.26. The molecular formula is C14H18ClN3OS. The number of pyridine rings is 1. The Hall–Kier alpha value is -1.01. The first-order valence-electron chi connectivity index (χ1n) is 6.55. The predicted molar refractivity (Wildman–Crippen MR) is 83.1 cm³/mol. The lowest BCUT2D eigenvalue weighted by Crippen LogP contribution is -2.14. The van der Waals surface area contributed by atoms with Gasteiger partial charge in [-0.1, -0.05) is 18.5 Å². The van der Waals surface area contributed by atoms with Crippen LogP contribution in [-0.2, 0) is 17.9 Å². The molecule has 0 aliphatic carbocycles. The van der Waals surface area contributed by atoms with Gasteiger partial charge >= 0.3 is 0 Å². The highest BCUT2D eigenvalue weighted by Crippen LogP contribution is 2.31. The van der Waals surface area contributed by atoms with E-state index in [9.17, 15) is 0 Å². The van der Waals surface area contributed by atoms with Gasteiger partial charge in [-0.3, -0.25) is 4.98 Å². The van der Waals surface area contributed by atoms with Crippen molar-refractivity contribution in [2.45, 2.75) is 26.5 Å². The molecule has 20 heavy (non-hydrogen) atoms. The van der Waals surface area contributed by atoms with Gasteiger partial charge in [-0.25, -0.2) is 4.98 Å². The molecule has 0 unspecified atom stereocenters. The molecule has 0 fully saturated rings. The van der Waals surface area contributed by atoms with E-state index in [0.717, 1.165) is 35.9 Å². The molecule has 2 rings (SSSR count). The van der Waals surface area contributed by atoms with Gasteiger partial charge in [0.25, 0.3) is 0 Å². The molecule has 0 saturated carbocycles. The predicted octanol–water partition coefficient (Wildman–Crippen LogP) is 3.50. The third kappa shape index (κ3) is 3.76. The van der Waals surface area contributed by atoms with Gasteiger partial charge in [0.2, 0.25) is 0 Å². The summed E-state index contributed by atoms with van der Waals surface area (Å²) in [6.07, 6.45) is 2.84. The van der Waals surface area contributed by atoms with Crippen molar-refractivity contribution in [1.29, 1.82) is 0 Å². The van der Waals surface area contributed by atoms with Crippen LogP contribution in [0.5, 0.6) is 0 Å². The molecule has 0 bridgehead atoms. The van der Waals surface area contributed by atoms with Crippen molar-refractivity contribution in [3.8, 4) is 10.7 Å². The summed E-state index contributed by atoms with van der Waals surface area (Å²) in [4.78, 5) is 10.1. The second-order valence-corrected chi connectivity index (χ2v) is 5.82. The summed E-state index contributed by atoms with van der Waals surface area (Å²) in [7, 11) is 1.68. The lowest BCUT2D eigenvalue weighted by molar-refractivity contribution is 0.181. The van der Waals surface area contributed by atoms with E-state index in [0.29, 0.717) is 11.6 Å². The first-order chi connectivity index (χ1) is 9.76. The Kier molecular flexibility index (Phi) is 5.91. The zero-order valence-electron chi connectivity index (χ0n) is 11.6. The fourth-order valence-corrected chi connectivity index (χ4v) is 3.11. The molecule has 0 spiro atoms. The SMILES string of the molecule is CCCNCc1sc(-c2ncccc2Cl)nc1COC. The third-order valence-corrected chi connectivity index (χ3v) is 4.14. The number of rotatable bonds is 7. The molecule has 2 aromatic heterocycles. The summed E-state index contributed by atoms with van der Waals surface area (Å²) in [5.41, 5.74) is 1.69. The van der Waals surface area contributed by atoms with E-state index >= 15 is 0 Å². The summed E-state index contributed by atoms with van der Waals surface area (Å²) < 4.78 is 5.22. The maximum absolute atomic E-state index is 6.18. The summed E-state index contributed by atoms with van der Waals surface area (Å²) >= 11 is 7.80. The molecule has 2 heterocycles. The molecule has 4 nitrogen and oxygen atoms in total. The van der Waals surface area contributed by atoms with Crippen molar-refractivity contribution in [1.82, 2.24) is 15.3 Å². The molecule has 0 atom stereocenters. The molecule has 2 aromatic rings. The first kappa shape index (κ1) is 15.4. The standard InChI is InChI=1S/C14H18ClN3OS/c1-3-6-16-8-12-11(9-19-2)18-14(20-12)13-10(15)5-4-7-17-13/h4-5,7,16H,3,6,8-9H2,1-2H3. The Morgan fingerprint density at radius 2 is 2.30 bits per heavy atom. The number of ether oxygens (including phenoxy) is 1. The van der Waals surface area contributed by atoms with Gasteiger partial charge in [0.15, 0.2) is 0 Å². The van der Waals surface area contributed by atoms with E-state index in [4.69, 9.17) is 16.3 Å². The van der Waals surface area contributed by atoms with Gasteiger partial charge < -0.3 is 10.1 Å². The van der Waals surface area contributed by atoms with Crippen LogP contribution in [0.1, 0.15) is 23.9 Å². The van der Waals surface area contributed by atoms with Crippen molar-refractivity contribution < 1.29 is 4.74 Å². The van der Waals surface area contributed by atoms with E-state index in [2.05, 4.69) is 22.2 Å². The van der Waals surface area contributed by atoms with Crippen molar-refractivity contribution >= 4 is 22.9 Å². The average Bonchev–Trinajstić information content (AvgIpc) is 2.83. The van der Waals surface area contributed by atoms with Gasteiger partial charge in [0, 0.05) is 24.7 Å². The largest absolute Gasteiger partial charge is 0.378 e. The molecule has 1 N–H and O–H groups in total. The van der Waals surface area contributed by atoms with Crippen molar-refractivity contribution in [2.75, 3.05) is 13.7 Å². The number of nitrogens with one attached hydrogen (secondary N) is 1. The van der Waals surface area contributed by atoms with Gasteiger partial charge in [0.05, 0.1) is 17.3 Å². The summed E-state index contributed by atoms with van der Waals surface area (Å²) in [6, 6.07) is 3.65. The smallest absolute Gasteiger partial charge is 0.144 e. The summed E-state index contributed by atoms with van der Waals surface area (Å²) in [5.74, 6) is 0. The minimum absolute atomic E-state index is 0.504.